The van der Waals surface area contributed by atoms with Gasteiger partial charge in [0.05, 0.1) is 0 Å². The molecule has 0 aromatic carbocycles. The Balaban J connectivity index is 3.22. The summed E-state index contributed by atoms with van der Waals surface area (Å²) in [6.07, 6.45) is 2.18. The first kappa shape index (κ1) is 6.66. The van der Waals surface area contributed by atoms with Gasteiger partial charge in [-0.05, 0) is 0 Å². The molecule has 34 valence electrons. The van der Waals surface area contributed by atoms with E-state index < -0.39 is 0 Å². The van der Waals surface area contributed by atoms with Gasteiger partial charge in [-0.25, -0.2) is 0 Å². The van der Waals surface area contributed by atoms with Crippen molar-refractivity contribution in [1.82, 2.24) is 0 Å². The molecule has 2 radical (unpaired) electrons. The predicted molar refractivity (Wildman–Crippen MR) is 31.4 cm³/mol. The summed E-state index contributed by atoms with van der Waals surface area (Å²) in [5.74, 6) is 0. The van der Waals surface area contributed by atoms with Gasteiger partial charge in [-0.15, -0.1) is 0 Å². The number of hydrogen-bond acceptors (Lipinski definition) is 0. The van der Waals surface area contributed by atoms with Crippen molar-refractivity contribution in [1.29, 1.82) is 0 Å². The van der Waals surface area contributed by atoms with Crippen LogP contribution in [0.3, 0.4) is 0 Å². The van der Waals surface area contributed by atoms with Gasteiger partial charge in [0.2, 0.25) is 0 Å². The fourth-order valence-electron chi connectivity index (χ4n) is 0.118. The zero-order valence-corrected chi connectivity index (χ0v) is 8.85. The molecule has 0 amide bonds. The second kappa shape index (κ2) is 3.84. The molecule has 0 heterocycles. The molecular weight excluding hydrogens is 267 g/mol. The SMILES string of the molecule is CC=C(C)[CH2][PbH]. The van der Waals surface area contributed by atoms with Crippen LogP contribution in [-0.2, 0) is 0 Å². The van der Waals surface area contributed by atoms with Crippen molar-refractivity contribution in [3.05, 3.63) is 11.6 Å². The molecule has 0 aliphatic carbocycles. The first-order valence-corrected chi connectivity index (χ1v) is 5.30. The van der Waals surface area contributed by atoms with E-state index in [1.807, 2.05) is 0 Å². The Hall–Kier alpha value is 0.662. The Morgan fingerprint density at radius 1 is 1.83 bits per heavy atom. The number of hydrogen-bond donors (Lipinski definition) is 0. The standard InChI is InChI=1S/C5H9.Pb.H/c1-4-5(2)3;;/h4H,2H2,1,3H3;;. The second-order valence-electron chi connectivity index (χ2n) is 1.34. The van der Waals surface area contributed by atoms with Crippen LogP contribution >= 0.6 is 0 Å². The third-order valence-electron chi connectivity index (χ3n) is 0.815. The summed E-state index contributed by atoms with van der Waals surface area (Å²) < 4.78 is 1.36. The summed E-state index contributed by atoms with van der Waals surface area (Å²) in [7, 11) is 0. The molecule has 0 N–H and O–H groups in total. The van der Waals surface area contributed by atoms with Crippen LogP contribution in [0, 0.1) is 0 Å². The fraction of sp³-hybridized carbons (Fsp3) is 0.600. The van der Waals surface area contributed by atoms with Crippen LogP contribution in [0.5, 0.6) is 0 Å². The maximum atomic E-state index is 2.18. The van der Waals surface area contributed by atoms with Gasteiger partial charge in [0, 0.05) is 0 Å². The molecular formula is C5H10Pb. The molecule has 0 saturated carbocycles. The average Bonchev–Trinajstić information content (AvgIpc) is 1.65. The van der Waals surface area contributed by atoms with E-state index in [0.717, 1.165) is 25.8 Å². The molecule has 0 unspecified atom stereocenters. The summed E-state index contributed by atoms with van der Waals surface area (Å²) in [5, 5.41) is 0. The Bertz CT molecular complexity index is 55.0. The van der Waals surface area contributed by atoms with Crippen LogP contribution in [0.15, 0.2) is 11.6 Å². The summed E-state index contributed by atoms with van der Waals surface area (Å²) >= 11 is 1.14. The van der Waals surface area contributed by atoms with Gasteiger partial charge in [0.15, 0.2) is 0 Å². The Morgan fingerprint density at radius 2 is 2.33 bits per heavy atom. The first-order chi connectivity index (χ1) is 2.81. The van der Waals surface area contributed by atoms with Gasteiger partial charge in [0.1, 0.15) is 0 Å². The van der Waals surface area contributed by atoms with E-state index in [9.17, 15) is 0 Å². The molecule has 0 nitrogen and oxygen atoms in total. The first-order valence-electron chi connectivity index (χ1n) is 2.13. The van der Waals surface area contributed by atoms with E-state index >= 15 is 0 Å². The Kier molecular flexibility index (Phi) is 4.26. The zero-order chi connectivity index (χ0) is 4.99. The quantitative estimate of drug-likeness (QED) is 0.500. The number of allylic oxidation sites excluding steroid dienone is 2. The van der Waals surface area contributed by atoms with E-state index in [4.69, 9.17) is 0 Å². The third-order valence-corrected chi connectivity index (χ3v) is 3.32. The van der Waals surface area contributed by atoms with Crippen molar-refractivity contribution in [3.63, 3.8) is 0 Å². The van der Waals surface area contributed by atoms with E-state index in [0.29, 0.717) is 0 Å². The van der Waals surface area contributed by atoms with Crippen molar-refractivity contribution in [2.24, 2.45) is 0 Å². The molecule has 6 heavy (non-hydrogen) atoms. The van der Waals surface area contributed by atoms with Crippen LogP contribution in [0.2, 0.25) is 3.98 Å². The van der Waals surface area contributed by atoms with Gasteiger partial charge in [-0.2, -0.15) is 0 Å². The molecule has 0 bridgehead atoms. The summed E-state index contributed by atoms with van der Waals surface area (Å²) in [6, 6.07) is 0. The Morgan fingerprint density at radius 3 is 2.33 bits per heavy atom. The van der Waals surface area contributed by atoms with E-state index in [1.54, 1.807) is 5.57 Å². The Labute approximate surface area is 55.3 Å². The summed E-state index contributed by atoms with van der Waals surface area (Å²) in [5.41, 5.74) is 1.54. The molecule has 0 aliphatic rings. The molecule has 0 aromatic rings. The van der Waals surface area contributed by atoms with Crippen molar-refractivity contribution in [2.75, 3.05) is 0 Å². The molecule has 0 rings (SSSR count). The van der Waals surface area contributed by atoms with Crippen molar-refractivity contribution >= 4 is 25.8 Å². The maximum absolute atomic E-state index is 2.18. The van der Waals surface area contributed by atoms with Gasteiger partial charge in [-0.1, -0.05) is 0 Å². The van der Waals surface area contributed by atoms with E-state index in [1.165, 1.54) is 3.98 Å². The van der Waals surface area contributed by atoms with Crippen LogP contribution in [0.25, 0.3) is 0 Å². The topological polar surface area (TPSA) is 0 Å². The fourth-order valence-corrected chi connectivity index (χ4v) is 1.03. The van der Waals surface area contributed by atoms with Crippen LogP contribution in [0.1, 0.15) is 13.8 Å². The minimum atomic E-state index is 1.14. The van der Waals surface area contributed by atoms with Crippen LogP contribution in [0.4, 0.5) is 0 Å². The van der Waals surface area contributed by atoms with Gasteiger partial charge in [0.25, 0.3) is 0 Å². The second-order valence-corrected chi connectivity index (χ2v) is 2.93. The van der Waals surface area contributed by atoms with Gasteiger partial charge >= 0.3 is 55.2 Å². The molecule has 0 fully saturated rings. The molecule has 0 atom stereocenters. The molecule has 0 spiro atoms. The minimum absolute atomic E-state index is 1.14. The molecule has 0 aromatic heterocycles. The van der Waals surface area contributed by atoms with Crippen molar-refractivity contribution < 1.29 is 0 Å². The van der Waals surface area contributed by atoms with Crippen molar-refractivity contribution in [3.8, 4) is 0 Å². The van der Waals surface area contributed by atoms with Gasteiger partial charge in [-0.3, -0.25) is 0 Å². The molecule has 1 heteroatoms. The summed E-state index contributed by atoms with van der Waals surface area (Å²) in [4.78, 5) is 0. The van der Waals surface area contributed by atoms with Crippen molar-refractivity contribution in [2.45, 2.75) is 17.8 Å². The molecule has 0 aliphatic heterocycles. The van der Waals surface area contributed by atoms with Crippen LogP contribution < -0.4 is 0 Å². The monoisotopic (exact) mass is 278 g/mol. The normalized spacial score (nSPS) is 12.2. The average molecular weight is 277 g/mol. The summed E-state index contributed by atoms with van der Waals surface area (Å²) in [6.45, 7) is 4.28. The van der Waals surface area contributed by atoms with E-state index in [-0.39, 0.29) is 0 Å². The number of rotatable bonds is 1. The van der Waals surface area contributed by atoms with Gasteiger partial charge < -0.3 is 0 Å². The third kappa shape index (κ3) is 2.88. The molecule has 0 saturated heterocycles. The van der Waals surface area contributed by atoms with E-state index in [2.05, 4.69) is 19.9 Å². The van der Waals surface area contributed by atoms with Crippen LogP contribution in [-0.4, -0.2) is 25.8 Å². The predicted octanol–water partition coefficient (Wildman–Crippen LogP) is 1.27. The zero-order valence-electron chi connectivity index (χ0n) is 4.36.